The van der Waals surface area contributed by atoms with Gasteiger partial charge in [-0.3, -0.25) is 0 Å². The molecule has 1 unspecified atom stereocenters. The third-order valence-electron chi connectivity index (χ3n) is 6.02. The number of aromatic carboxylic acids is 1. The molecule has 0 saturated heterocycles. The Balaban J connectivity index is 1.73. The first kappa shape index (κ1) is 22.6. The van der Waals surface area contributed by atoms with Crippen LogP contribution in [0.5, 0.6) is 0 Å². The molecule has 2 N–H and O–H groups in total. The van der Waals surface area contributed by atoms with Crippen LogP contribution in [0.25, 0.3) is 6.08 Å². The van der Waals surface area contributed by atoms with Crippen molar-refractivity contribution in [3.8, 4) is 0 Å². The summed E-state index contributed by atoms with van der Waals surface area (Å²) >= 11 is 0. The molecule has 3 rings (SSSR count). The second-order valence-corrected chi connectivity index (χ2v) is 8.17. The Morgan fingerprint density at radius 1 is 1.06 bits per heavy atom. The molecular formula is C27H32N2O2. The maximum Gasteiger partial charge on any atom is 0.337 e. The highest BCUT2D eigenvalue weighted by molar-refractivity contribution is 5.91. The highest BCUT2D eigenvalue weighted by Crippen LogP contribution is 2.24. The van der Waals surface area contributed by atoms with Crippen molar-refractivity contribution in [1.29, 1.82) is 0 Å². The first-order valence-corrected chi connectivity index (χ1v) is 10.8. The minimum absolute atomic E-state index is 0.288. The molecule has 4 heteroatoms. The van der Waals surface area contributed by atoms with E-state index >= 15 is 0 Å². The van der Waals surface area contributed by atoms with Gasteiger partial charge in [-0.1, -0.05) is 67.3 Å². The topological polar surface area (TPSA) is 54.3 Å². The summed E-state index contributed by atoms with van der Waals surface area (Å²) in [5, 5.41) is 13.4. The van der Waals surface area contributed by atoms with Crippen LogP contribution in [0.3, 0.4) is 0 Å². The number of aryl methyl sites for hydroxylation is 1. The molecule has 0 fully saturated rings. The van der Waals surface area contributed by atoms with Gasteiger partial charge >= 0.3 is 5.97 Å². The van der Waals surface area contributed by atoms with Crippen LogP contribution in [-0.4, -0.2) is 21.7 Å². The summed E-state index contributed by atoms with van der Waals surface area (Å²) in [5.41, 5.74) is 6.63. The fourth-order valence-electron chi connectivity index (χ4n) is 4.03. The largest absolute Gasteiger partial charge is 0.478 e. The summed E-state index contributed by atoms with van der Waals surface area (Å²) in [5.74, 6) is -0.866. The number of carbonyl (C=O) groups is 1. The predicted molar refractivity (Wildman–Crippen MR) is 128 cm³/mol. The maximum atomic E-state index is 12.0. The highest BCUT2D eigenvalue weighted by atomic mass is 16.4. The average molecular weight is 417 g/mol. The SMILES string of the molecule is C=Cc1ccc(Cn2c(C)c(CNC(C)CCc3ccccc3)c(C(=O)O)c2C)cc1. The summed E-state index contributed by atoms with van der Waals surface area (Å²) in [4.78, 5) is 12.0. The van der Waals surface area contributed by atoms with Crippen LogP contribution in [0.15, 0.2) is 61.2 Å². The van der Waals surface area contributed by atoms with Crippen LogP contribution in [0.4, 0.5) is 0 Å². The molecule has 3 aromatic rings. The monoisotopic (exact) mass is 416 g/mol. The Kier molecular flexibility index (Phi) is 7.48. The van der Waals surface area contributed by atoms with E-state index in [0.717, 1.165) is 40.9 Å². The van der Waals surface area contributed by atoms with Crippen molar-refractivity contribution in [1.82, 2.24) is 9.88 Å². The molecule has 1 aromatic heterocycles. The quantitative estimate of drug-likeness (QED) is 0.452. The molecule has 0 amide bonds. The number of hydrogen-bond acceptors (Lipinski definition) is 2. The van der Waals surface area contributed by atoms with E-state index in [-0.39, 0.29) is 6.04 Å². The van der Waals surface area contributed by atoms with Gasteiger partial charge in [-0.15, -0.1) is 0 Å². The first-order chi connectivity index (χ1) is 14.9. The van der Waals surface area contributed by atoms with Crippen molar-refractivity contribution in [2.75, 3.05) is 0 Å². The molecule has 0 aliphatic rings. The van der Waals surface area contributed by atoms with Crippen LogP contribution in [0.2, 0.25) is 0 Å². The van der Waals surface area contributed by atoms with E-state index in [0.29, 0.717) is 18.7 Å². The van der Waals surface area contributed by atoms with E-state index in [1.807, 2.05) is 38.1 Å². The zero-order chi connectivity index (χ0) is 22.4. The minimum atomic E-state index is -0.866. The van der Waals surface area contributed by atoms with Crippen LogP contribution in [-0.2, 0) is 19.5 Å². The molecule has 4 nitrogen and oxygen atoms in total. The zero-order valence-corrected chi connectivity index (χ0v) is 18.7. The number of hydrogen-bond donors (Lipinski definition) is 2. The second kappa shape index (κ2) is 10.3. The van der Waals surface area contributed by atoms with Gasteiger partial charge in [0.2, 0.25) is 0 Å². The third kappa shape index (κ3) is 5.53. The van der Waals surface area contributed by atoms with Crippen molar-refractivity contribution in [3.05, 3.63) is 100 Å². The van der Waals surface area contributed by atoms with Crippen molar-refractivity contribution in [2.45, 2.75) is 52.7 Å². The molecule has 0 spiro atoms. The molecule has 0 aliphatic heterocycles. The summed E-state index contributed by atoms with van der Waals surface area (Å²) in [7, 11) is 0. The molecule has 31 heavy (non-hydrogen) atoms. The Labute approximate surface area is 185 Å². The normalized spacial score (nSPS) is 12.0. The summed E-state index contributed by atoms with van der Waals surface area (Å²) < 4.78 is 2.11. The smallest absolute Gasteiger partial charge is 0.337 e. The van der Waals surface area contributed by atoms with Gasteiger partial charge in [0, 0.05) is 36.1 Å². The number of rotatable bonds is 10. The fraction of sp³-hybridized carbons (Fsp3) is 0.296. The van der Waals surface area contributed by atoms with Gasteiger partial charge in [-0.05, 0) is 50.3 Å². The van der Waals surface area contributed by atoms with E-state index in [1.165, 1.54) is 5.56 Å². The van der Waals surface area contributed by atoms with Gasteiger partial charge in [-0.25, -0.2) is 4.79 Å². The van der Waals surface area contributed by atoms with Gasteiger partial charge in [0.1, 0.15) is 0 Å². The number of nitrogens with one attached hydrogen (secondary N) is 1. The third-order valence-corrected chi connectivity index (χ3v) is 6.02. The number of carboxylic acids is 1. The molecule has 0 bridgehead atoms. The van der Waals surface area contributed by atoms with Gasteiger partial charge in [0.05, 0.1) is 5.56 Å². The van der Waals surface area contributed by atoms with E-state index in [9.17, 15) is 9.90 Å². The molecular weight excluding hydrogens is 384 g/mol. The van der Waals surface area contributed by atoms with Crippen LogP contribution in [0, 0.1) is 13.8 Å². The van der Waals surface area contributed by atoms with Gasteiger partial charge in [-0.2, -0.15) is 0 Å². The number of carboxylic acid groups (broad SMARTS) is 1. The standard InChI is InChI=1S/C27H32N2O2/c1-5-22-13-15-24(16-14-22)18-29-20(3)25(26(21(29)4)27(30)31)17-28-19(2)11-12-23-9-7-6-8-10-23/h5-10,13-16,19,28H,1,11-12,17-18H2,2-4H3,(H,30,31). The van der Waals surface area contributed by atoms with E-state index in [4.69, 9.17) is 0 Å². The van der Waals surface area contributed by atoms with Crippen molar-refractivity contribution < 1.29 is 9.90 Å². The van der Waals surface area contributed by atoms with Crippen LogP contribution < -0.4 is 5.32 Å². The van der Waals surface area contributed by atoms with E-state index in [1.54, 1.807) is 0 Å². The number of benzene rings is 2. The fourth-order valence-corrected chi connectivity index (χ4v) is 4.03. The zero-order valence-electron chi connectivity index (χ0n) is 18.7. The van der Waals surface area contributed by atoms with Gasteiger partial charge < -0.3 is 15.0 Å². The Morgan fingerprint density at radius 2 is 1.74 bits per heavy atom. The lowest BCUT2D eigenvalue weighted by Crippen LogP contribution is -2.27. The second-order valence-electron chi connectivity index (χ2n) is 8.17. The lowest BCUT2D eigenvalue weighted by molar-refractivity contribution is 0.0694. The van der Waals surface area contributed by atoms with Gasteiger partial charge in [0.15, 0.2) is 0 Å². The molecule has 162 valence electrons. The Morgan fingerprint density at radius 3 is 2.35 bits per heavy atom. The summed E-state index contributed by atoms with van der Waals surface area (Å²) in [6, 6.07) is 18.9. The molecule has 2 aromatic carbocycles. The molecule has 0 aliphatic carbocycles. The van der Waals surface area contributed by atoms with E-state index < -0.39 is 5.97 Å². The highest BCUT2D eigenvalue weighted by Gasteiger charge is 2.22. The van der Waals surface area contributed by atoms with Crippen LogP contribution >= 0.6 is 0 Å². The minimum Gasteiger partial charge on any atom is -0.478 e. The predicted octanol–water partition coefficient (Wildman–Crippen LogP) is 5.61. The Bertz CT molecular complexity index is 1030. The lowest BCUT2D eigenvalue weighted by Gasteiger charge is -2.15. The Hall–Kier alpha value is -3.11. The van der Waals surface area contributed by atoms with Gasteiger partial charge in [0.25, 0.3) is 0 Å². The van der Waals surface area contributed by atoms with Crippen molar-refractivity contribution in [2.24, 2.45) is 0 Å². The molecule has 1 heterocycles. The molecule has 0 radical (unpaired) electrons. The lowest BCUT2D eigenvalue weighted by atomic mass is 10.1. The number of nitrogens with zero attached hydrogens (tertiary/aromatic N) is 1. The number of aromatic nitrogens is 1. The molecule has 0 saturated carbocycles. The van der Waals surface area contributed by atoms with Crippen molar-refractivity contribution in [3.63, 3.8) is 0 Å². The van der Waals surface area contributed by atoms with Crippen LogP contribution in [0.1, 0.15) is 57.3 Å². The van der Waals surface area contributed by atoms with Crippen molar-refractivity contribution >= 4 is 12.0 Å². The average Bonchev–Trinajstić information content (AvgIpc) is 3.01. The summed E-state index contributed by atoms with van der Waals surface area (Å²) in [6.07, 6.45) is 3.82. The maximum absolute atomic E-state index is 12.0. The summed E-state index contributed by atoms with van der Waals surface area (Å²) in [6.45, 7) is 11.1. The molecule has 1 atom stereocenters. The first-order valence-electron chi connectivity index (χ1n) is 10.8. The van der Waals surface area contributed by atoms with E-state index in [2.05, 4.69) is 59.8 Å².